The van der Waals surface area contributed by atoms with Gasteiger partial charge < -0.3 is 10.6 Å². The fourth-order valence-corrected chi connectivity index (χ4v) is 2.62. The third kappa shape index (κ3) is 3.49. The predicted molar refractivity (Wildman–Crippen MR) is 77.0 cm³/mol. The number of anilines is 1. The molecule has 3 heteroatoms. The lowest BCUT2D eigenvalue weighted by Crippen LogP contribution is -2.41. The molecule has 102 valence electrons. The summed E-state index contributed by atoms with van der Waals surface area (Å²) in [6.45, 7) is 2.44. The molecule has 0 unspecified atom stereocenters. The standard InChI is InChI=1S/C16H22N2O/c1-11-2-8-14(9-3-11)17-10-15(19)18-16(12-4-5-12)13-6-7-13/h2-3,8-9,12-13,16-17H,4-7,10H2,1H3,(H,18,19). The number of aryl methyl sites for hydroxylation is 1. The topological polar surface area (TPSA) is 41.1 Å². The van der Waals surface area contributed by atoms with Crippen molar-refractivity contribution in [3.63, 3.8) is 0 Å². The van der Waals surface area contributed by atoms with Crippen LogP contribution in [-0.4, -0.2) is 18.5 Å². The van der Waals surface area contributed by atoms with Crippen LogP contribution in [0.4, 0.5) is 5.69 Å². The first kappa shape index (κ1) is 12.5. The summed E-state index contributed by atoms with van der Waals surface area (Å²) in [6.07, 6.45) is 5.19. The fourth-order valence-electron chi connectivity index (χ4n) is 2.62. The Morgan fingerprint density at radius 2 is 1.74 bits per heavy atom. The Bertz CT molecular complexity index is 434. The lowest BCUT2D eigenvalue weighted by Gasteiger charge is -2.18. The Morgan fingerprint density at radius 1 is 1.16 bits per heavy atom. The molecule has 0 aromatic heterocycles. The molecule has 3 nitrogen and oxygen atoms in total. The van der Waals surface area contributed by atoms with E-state index in [-0.39, 0.29) is 5.91 Å². The number of hydrogen-bond acceptors (Lipinski definition) is 2. The third-order valence-corrected chi connectivity index (χ3v) is 4.09. The summed E-state index contributed by atoms with van der Waals surface area (Å²) in [5.74, 6) is 1.65. The van der Waals surface area contributed by atoms with Crippen LogP contribution in [-0.2, 0) is 4.79 Å². The fraction of sp³-hybridized carbons (Fsp3) is 0.562. The molecule has 1 aromatic carbocycles. The van der Waals surface area contributed by atoms with Crippen molar-refractivity contribution in [2.45, 2.75) is 38.6 Å². The second kappa shape index (κ2) is 5.24. The first-order valence-electron chi connectivity index (χ1n) is 7.32. The second-order valence-electron chi connectivity index (χ2n) is 5.99. The van der Waals surface area contributed by atoms with Crippen LogP contribution in [0.1, 0.15) is 31.2 Å². The van der Waals surface area contributed by atoms with Crippen LogP contribution in [0.15, 0.2) is 24.3 Å². The van der Waals surface area contributed by atoms with E-state index < -0.39 is 0 Å². The zero-order valence-electron chi connectivity index (χ0n) is 11.5. The third-order valence-electron chi connectivity index (χ3n) is 4.09. The molecule has 0 heterocycles. The lowest BCUT2D eigenvalue weighted by molar-refractivity contribution is -0.120. The molecule has 0 radical (unpaired) electrons. The molecular formula is C16H22N2O. The lowest BCUT2D eigenvalue weighted by atomic mass is 10.1. The number of hydrogen-bond donors (Lipinski definition) is 2. The summed E-state index contributed by atoms with van der Waals surface area (Å²) in [7, 11) is 0. The zero-order valence-corrected chi connectivity index (χ0v) is 11.5. The molecule has 1 aromatic rings. The minimum atomic E-state index is 0.129. The highest BCUT2D eigenvalue weighted by Gasteiger charge is 2.42. The first-order valence-corrected chi connectivity index (χ1v) is 7.32. The van der Waals surface area contributed by atoms with Gasteiger partial charge in [-0.2, -0.15) is 0 Å². The first-order chi connectivity index (χ1) is 9.22. The van der Waals surface area contributed by atoms with E-state index in [1.165, 1.54) is 31.2 Å². The van der Waals surface area contributed by atoms with Crippen molar-refractivity contribution in [1.29, 1.82) is 0 Å². The molecule has 19 heavy (non-hydrogen) atoms. The summed E-state index contributed by atoms with van der Waals surface area (Å²) < 4.78 is 0. The van der Waals surface area contributed by atoms with Crippen LogP contribution < -0.4 is 10.6 Å². The van der Waals surface area contributed by atoms with E-state index in [4.69, 9.17) is 0 Å². The quantitative estimate of drug-likeness (QED) is 0.823. The molecule has 0 saturated heterocycles. The van der Waals surface area contributed by atoms with E-state index in [0.29, 0.717) is 12.6 Å². The molecule has 0 spiro atoms. The molecule has 3 rings (SSSR count). The number of carbonyl (C=O) groups excluding carboxylic acids is 1. The van der Waals surface area contributed by atoms with Gasteiger partial charge in [0.2, 0.25) is 5.91 Å². The van der Waals surface area contributed by atoms with E-state index in [1.807, 2.05) is 12.1 Å². The van der Waals surface area contributed by atoms with Crippen molar-refractivity contribution < 1.29 is 4.79 Å². The Hall–Kier alpha value is -1.51. The van der Waals surface area contributed by atoms with Gasteiger partial charge in [0, 0.05) is 11.7 Å². The van der Waals surface area contributed by atoms with Crippen LogP contribution in [0.5, 0.6) is 0 Å². The Kier molecular flexibility index (Phi) is 3.45. The van der Waals surface area contributed by atoms with Gasteiger partial charge in [0.25, 0.3) is 0 Å². The summed E-state index contributed by atoms with van der Waals surface area (Å²) in [5.41, 5.74) is 2.24. The normalized spacial score (nSPS) is 18.4. The SMILES string of the molecule is Cc1ccc(NCC(=O)NC(C2CC2)C2CC2)cc1. The highest BCUT2D eigenvalue weighted by atomic mass is 16.2. The van der Waals surface area contributed by atoms with Crippen LogP contribution in [0.3, 0.4) is 0 Å². The number of benzene rings is 1. The van der Waals surface area contributed by atoms with Crippen molar-refractivity contribution in [2.75, 3.05) is 11.9 Å². The van der Waals surface area contributed by atoms with E-state index in [0.717, 1.165) is 17.5 Å². The van der Waals surface area contributed by atoms with Gasteiger partial charge in [-0.1, -0.05) is 17.7 Å². The van der Waals surface area contributed by atoms with Gasteiger partial charge >= 0.3 is 0 Å². The number of nitrogens with one attached hydrogen (secondary N) is 2. The smallest absolute Gasteiger partial charge is 0.239 e. The van der Waals surface area contributed by atoms with E-state index >= 15 is 0 Å². The summed E-state index contributed by atoms with van der Waals surface area (Å²) in [6, 6.07) is 8.59. The van der Waals surface area contributed by atoms with Crippen molar-refractivity contribution in [3.05, 3.63) is 29.8 Å². The summed E-state index contributed by atoms with van der Waals surface area (Å²) >= 11 is 0. The largest absolute Gasteiger partial charge is 0.376 e. The number of carbonyl (C=O) groups is 1. The molecule has 1 amide bonds. The Morgan fingerprint density at radius 3 is 2.26 bits per heavy atom. The second-order valence-corrected chi connectivity index (χ2v) is 5.99. The summed E-state index contributed by atoms with van der Waals surface area (Å²) in [5, 5.41) is 6.40. The monoisotopic (exact) mass is 258 g/mol. The van der Waals surface area contributed by atoms with Crippen molar-refractivity contribution in [3.8, 4) is 0 Å². The van der Waals surface area contributed by atoms with Crippen molar-refractivity contribution in [2.24, 2.45) is 11.8 Å². The van der Waals surface area contributed by atoms with E-state index in [1.54, 1.807) is 0 Å². The van der Waals surface area contributed by atoms with Gasteiger partial charge in [0.05, 0.1) is 6.54 Å². The zero-order chi connectivity index (χ0) is 13.2. The molecule has 0 bridgehead atoms. The minimum absolute atomic E-state index is 0.129. The molecule has 2 aliphatic rings. The maximum absolute atomic E-state index is 12.0. The Balaban J connectivity index is 1.46. The van der Waals surface area contributed by atoms with Crippen LogP contribution in [0.2, 0.25) is 0 Å². The van der Waals surface area contributed by atoms with Gasteiger partial charge in [-0.15, -0.1) is 0 Å². The van der Waals surface area contributed by atoms with Crippen LogP contribution in [0, 0.1) is 18.8 Å². The van der Waals surface area contributed by atoms with Gasteiger partial charge in [-0.3, -0.25) is 4.79 Å². The van der Waals surface area contributed by atoms with Gasteiger partial charge in [0.1, 0.15) is 0 Å². The molecule has 2 saturated carbocycles. The number of amides is 1. The van der Waals surface area contributed by atoms with Gasteiger partial charge in [-0.05, 0) is 56.6 Å². The molecule has 0 atom stereocenters. The average molecular weight is 258 g/mol. The molecule has 2 N–H and O–H groups in total. The molecule has 0 aliphatic heterocycles. The highest BCUT2D eigenvalue weighted by molar-refractivity contribution is 5.81. The molecular weight excluding hydrogens is 236 g/mol. The maximum atomic E-state index is 12.0. The van der Waals surface area contributed by atoms with E-state index in [9.17, 15) is 4.79 Å². The van der Waals surface area contributed by atoms with Gasteiger partial charge in [0.15, 0.2) is 0 Å². The number of rotatable bonds is 6. The maximum Gasteiger partial charge on any atom is 0.239 e. The molecule has 2 aliphatic carbocycles. The van der Waals surface area contributed by atoms with Crippen LogP contribution in [0.25, 0.3) is 0 Å². The van der Waals surface area contributed by atoms with E-state index in [2.05, 4.69) is 29.7 Å². The van der Waals surface area contributed by atoms with Crippen LogP contribution >= 0.6 is 0 Å². The minimum Gasteiger partial charge on any atom is -0.376 e. The highest BCUT2D eigenvalue weighted by Crippen LogP contribution is 2.44. The average Bonchev–Trinajstić information content (AvgIpc) is 3.29. The van der Waals surface area contributed by atoms with Crippen molar-refractivity contribution >= 4 is 11.6 Å². The van der Waals surface area contributed by atoms with Gasteiger partial charge in [-0.25, -0.2) is 0 Å². The Labute approximate surface area is 114 Å². The predicted octanol–water partition coefficient (Wildman–Crippen LogP) is 2.71. The van der Waals surface area contributed by atoms with Crippen molar-refractivity contribution in [1.82, 2.24) is 5.32 Å². The summed E-state index contributed by atoms with van der Waals surface area (Å²) in [4.78, 5) is 12.0. The molecule has 2 fully saturated rings.